The molecular formula is C26H27N5O2. The van der Waals surface area contributed by atoms with Gasteiger partial charge in [-0.25, -0.2) is 4.98 Å². The van der Waals surface area contributed by atoms with Crippen molar-refractivity contribution in [1.29, 1.82) is 0 Å². The Kier molecular flexibility index (Phi) is 5.49. The largest absolute Gasteiger partial charge is 0.383 e. The fraction of sp³-hybridized carbons (Fsp3) is 0.231. The number of hydrogen-bond acceptors (Lipinski definition) is 6. The third-order valence-corrected chi connectivity index (χ3v) is 6.31. The van der Waals surface area contributed by atoms with Crippen LogP contribution in [0.15, 0.2) is 35.4 Å². The van der Waals surface area contributed by atoms with E-state index >= 15 is 0 Å². The Balaban J connectivity index is 1.91. The first-order valence-electron chi connectivity index (χ1n) is 10.7. The first kappa shape index (κ1) is 22.2. The van der Waals surface area contributed by atoms with Crippen molar-refractivity contribution < 1.29 is 4.79 Å². The van der Waals surface area contributed by atoms with Gasteiger partial charge in [0.1, 0.15) is 5.82 Å². The minimum absolute atomic E-state index is 0.154. The van der Waals surface area contributed by atoms with Crippen molar-refractivity contribution in [2.45, 2.75) is 41.0 Å². The molecule has 2 heterocycles. The van der Waals surface area contributed by atoms with Crippen molar-refractivity contribution >= 4 is 28.5 Å². The van der Waals surface area contributed by atoms with Crippen LogP contribution >= 0.6 is 0 Å². The van der Waals surface area contributed by atoms with Gasteiger partial charge in [0.25, 0.3) is 0 Å². The summed E-state index contributed by atoms with van der Waals surface area (Å²) in [6, 6.07) is 6.17. The molecule has 0 aliphatic carbocycles. The highest BCUT2D eigenvalue weighted by molar-refractivity contribution is 5.99. The molecule has 4 aromatic rings. The molecule has 0 saturated carbocycles. The molecule has 5 N–H and O–H groups in total. The number of nitrogens with zero attached hydrogens (tertiary/aromatic N) is 2. The van der Waals surface area contributed by atoms with E-state index in [1.54, 1.807) is 6.20 Å². The molecule has 0 spiro atoms. The van der Waals surface area contributed by atoms with Crippen LogP contribution in [0.25, 0.3) is 22.0 Å². The monoisotopic (exact) mass is 441 g/mol. The number of carbonyl (C=O) groups is 1. The summed E-state index contributed by atoms with van der Waals surface area (Å²) in [5, 5.41) is 0.527. The molecule has 0 bridgehead atoms. The summed E-state index contributed by atoms with van der Waals surface area (Å²) in [7, 11) is 0. The van der Waals surface area contributed by atoms with Crippen LogP contribution in [0.5, 0.6) is 0 Å². The second-order valence-electron chi connectivity index (χ2n) is 8.60. The molecule has 0 saturated heterocycles. The highest BCUT2D eigenvalue weighted by Gasteiger charge is 2.18. The average molecular weight is 442 g/mol. The number of H-pyrrole nitrogens is 1. The molecule has 4 rings (SSSR count). The number of carbonyl (C=O) groups excluding carboxylic acids is 1. The molecule has 0 atom stereocenters. The maximum atomic E-state index is 12.9. The van der Waals surface area contributed by atoms with Gasteiger partial charge in [0.05, 0.1) is 11.1 Å². The van der Waals surface area contributed by atoms with Gasteiger partial charge in [-0.05, 0) is 79.6 Å². The predicted molar refractivity (Wildman–Crippen MR) is 133 cm³/mol. The van der Waals surface area contributed by atoms with E-state index in [4.69, 9.17) is 11.5 Å². The van der Waals surface area contributed by atoms with Gasteiger partial charge >= 0.3 is 0 Å². The van der Waals surface area contributed by atoms with Crippen molar-refractivity contribution in [3.8, 4) is 11.1 Å². The number of rotatable bonds is 4. The molecule has 0 amide bonds. The molecule has 0 radical (unpaired) electrons. The summed E-state index contributed by atoms with van der Waals surface area (Å²) in [4.78, 5) is 36.0. The Hall–Kier alpha value is -4.00. The molecule has 0 unspecified atom stereocenters. The van der Waals surface area contributed by atoms with Gasteiger partial charge in [-0.3, -0.25) is 9.59 Å². The minimum atomic E-state index is -0.248. The lowest BCUT2D eigenvalue weighted by molar-refractivity contribution is 0.101. The number of aryl methyl sites for hydroxylation is 3. The number of nitrogens with one attached hydrogen (secondary N) is 1. The summed E-state index contributed by atoms with van der Waals surface area (Å²) < 4.78 is 0. The second-order valence-corrected chi connectivity index (χ2v) is 8.60. The lowest BCUT2D eigenvalue weighted by atomic mass is 9.87. The first-order valence-corrected chi connectivity index (χ1v) is 10.7. The standard InChI is InChI=1S/C26H27N5O2/c1-12-6-17(8-18-10-30-26(28)31-25(18)27)9-19(14(12)3)22-13(2)7-20-23(15(22)4)29-11-21(16(5)32)24(20)33/h6-7,9-11H,8H2,1-5H3,(H,29,33)(H4,27,28,30,31). The normalized spacial score (nSPS) is 11.2. The zero-order chi connectivity index (χ0) is 24.0. The van der Waals surface area contributed by atoms with E-state index < -0.39 is 0 Å². The van der Waals surface area contributed by atoms with Crippen LogP contribution < -0.4 is 16.9 Å². The summed E-state index contributed by atoms with van der Waals surface area (Å²) >= 11 is 0. The summed E-state index contributed by atoms with van der Waals surface area (Å²) in [5.41, 5.74) is 20.7. The quantitative estimate of drug-likeness (QED) is 0.408. The van der Waals surface area contributed by atoms with E-state index in [-0.39, 0.29) is 22.7 Å². The highest BCUT2D eigenvalue weighted by Crippen LogP contribution is 2.36. The van der Waals surface area contributed by atoms with Crippen molar-refractivity contribution in [3.05, 3.63) is 79.8 Å². The molecular weight excluding hydrogens is 414 g/mol. The number of nitrogens with two attached hydrogens (primary N) is 2. The van der Waals surface area contributed by atoms with Crippen LogP contribution in [-0.4, -0.2) is 20.7 Å². The maximum Gasteiger partial charge on any atom is 0.221 e. The molecule has 0 aliphatic rings. The Morgan fingerprint density at radius 1 is 1.03 bits per heavy atom. The average Bonchev–Trinajstić information content (AvgIpc) is 2.74. The van der Waals surface area contributed by atoms with E-state index in [0.717, 1.165) is 50.0 Å². The molecule has 2 aromatic heterocycles. The van der Waals surface area contributed by atoms with Crippen LogP contribution in [0, 0.1) is 27.7 Å². The summed E-state index contributed by atoms with van der Waals surface area (Å²) in [6.45, 7) is 9.58. The number of aromatic nitrogens is 3. The van der Waals surface area contributed by atoms with Crippen LogP contribution in [0.3, 0.4) is 0 Å². The highest BCUT2D eigenvalue weighted by atomic mass is 16.1. The molecule has 7 heteroatoms. The lowest BCUT2D eigenvalue weighted by Crippen LogP contribution is -2.14. The van der Waals surface area contributed by atoms with E-state index in [0.29, 0.717) is 17.6 Å². The number of aromatic amines is 1. The van der Waals surface area contributed by atoms with Crippen molar-refractivity contribution in [2.24, 2.45) is 0 Å². The topological polar surface area (TPSA) is 128 Å². The Morgan fingerprint density at radius 2 is 1.76 bits per heavy atom. The predicted octanol–water partition coefficient (Wildman–Crippen LogP) is 4.18. The number of fused-ring (bicyclic) bond motifs is 1. The first-order chi connectivity index (χ1) is 15.6. The number of ketones is 1. The number of nitrogen functional groups attached to an aromatic ring is 2. The maximum absolute atomic E-state index is 12.9. The smallest absolute Gasteiger partial charge is 0.221 e. The van der Waals surface area contributed by atoms with Gasteiger partial charge in [0.15, 0.2) is 11.2 Å². The van der Waals surface area contributed by atoms with Gasteiger partial charge in [-0.1, -0.05) is 12.1 Å². The Bertz CT molecular complexity index is 1500. The number of anilines is 2. The van der Waals surface area contributed by atoms with Gasteiger partial charge in [-0.2, -0.15) is 4.98 Å². The third kappa shape index (κ3) is 3.86. The number of Topliss-reactive ketones (excluding diaryl/α,β-unsaturated/α-hetero) is 1. The zero-order valence-electron chi connectivity index (χ0n) is 19.5. The van der Waals surface area contributed by atoms with Crippen LogP contribution in [0.2, 0.25) is 0 Å². The van der Waals surface area contributed by atoms with E-state index in [1.165, 1.54) is 13.1 Å². The van der Waals surface area contributed by atoms with Crippen molar-refractivity contribution in [1.82, 2.24) is 15.0 Å². The molecule has 7 nitrogen and oxygen atoms in total. The van der Waals surface area contributed by atoms with Crippen LogP contribution in [0.4, 0.5) is 11.8 Å². The van der Waals surface area contributed by atoms with Gasteiger partial charge in [0, 0.05) is 29.8 Å². The zero-order valence-corrected chi connectivity index (χ0v) is 19.5. The fourth-order valence-corrected chi connectivity index (χ4v) is 4.47. The van der Waals surface area contributed by atoms with Gasteiger partial charge in [0.2, 0.25) is 5.95 Å². The van der Waals surface area contributed by atoms with Crippen LogP contribution in [0.1, 0.15) is 50.7 Å². The van der Waals surface area contributed by atoms with E-state index in [1.807, 2.05) is 19.9 Å². The summed E-state index contributed by atoms with van der Waals surface area (Å²) in [5.74, 6) is 0.281. The van der Waals surface area contributed by atoms with E-state index in [2.05, 4.69) is 40.9 Å². The van der Waals surface area contributed by atoms with E-state index in [9.17, 15) is 9.59 Å². The van der Waals surface area contributed by atoms with Crippen molar-refractivity contribution in [2.75, 3.05) is 11.5 Å². The SMILES string of the molecule is CC(=O)c1c[nH]c2c(C)c(-c3cc(Cc4cnc(N)nc4N)cc(C)c3C)c(C)cc2c1=O. The molecule has 168 valence electrons. The lowest BCUT2D eigenvalue weighted by Gasteiger charge is -2.18. The molecule has 0 fully saturated rings. The number of benzene rings is 2. The van der Waals surface area contributed by atoms with Gasteiger partial charge < -0.3 is 16.5 Å². The van der Waals surface area contributed by atoms with Crippen molar-refractivity contribution in [3.63, 3.8) is 0 Å². The number of hydrogen-bond donors (Lipinski definition) is 3. The molecule has 0 aliphatic heterocycles. The molecule has 2 aromatic carbocycles. The Labute approximate surface area is 191 Å². The van der Waals surface area contributed by atoms with Gasteiger partial charge in [-0.15, -0.1) is 0 Å². The third-order valence-electron chi connectivity index (χ3n) is 6.31. The number of pyridine rings is 1. The Morgan fingerprint density at radius 3 is 2.42 bits per heavy atom. The van der Waals surface area contributed by atoms with Crippen LogP contribution in [-0.2, 0) is 6.42 Å². The minimum Gasteiger partial charge on any atom is -0.383 e. The molecule has 33 heavy (non-hydrogen) atoms. The summed E-state index contributed by atoms with van der Waals surface area (Å²) in [6.07, 6.45) is 3.75. The fourth-order valence-electron chi connectivity index (χ4n) is 4.47. The second kappa shape index (κ2) is 8.16.